The van der Waals surface area contributed by atoms with Crippen molar-refractivity contribution in [3.8, 4) is 0 Å². The van der Waals surface area contributed by atoms with E-state index >= 15 is 0 Å². The maximum atomic E-state index is 4.24. The second-order valence-electron chi connectivity index (χ2n) is 2.77. The van der Waals surface area contributed by atoms with E-state index in [-0.39, 0.29) is 0 Å². The summed E-state index contributed by atoms with van der Waals surface area (Å²) in [6.45, 7) is 2.12. The first kappa shape index (κ1) is 7.98. The van der Waals surface area contributed by atoms with Crippen molar-refractivity contribution < 1.29 is 0 Å². The van der Waals surface area contributed by atoms with Crippen LogP contribution in [0.3, 0.4) is 0 Å². The summed E-state index contributed by atoms with van der Waals surface area (Å²) >= 11 is 2.26. The smallest absolute Gasteiger partial charge is 0.109 e. The number of hydrogen-bond donors (Lipinski definition) is 0. The molecular formula is C10H8IN. The number of fused-ring (bicyclic) bond motifs is 1. The van der Waals surface area contributed by atoms with Gasteiger partial charge in [-0.25, -0.2) is 4.98 Å². The van der Waals surface area contributed by atoms with E-state index in [9.17, 15) is 0 Å². The molecule has 0 saturated carbocycles. The lowest BCUT2D eigenvalue weighted by Crippen LogP contribution is -1.84. The molecule has 0 atom stereocenters. The van der Waals surface area contributed by atoms with Crippen molar-refractivity contribution in [2.24, 2.45) is 0 Å². The lowest BCUT2D eigenvalue weighted by atomic mass is 10.1. The van der Waals surface area contributed by atoms with E-state index in [2.05, 4.69) is 58.8 Å². The summed E-state index contributed by atoms with van der Waals surface area (Å²) < 4.78 is 1.08. The fourth-order valence-electron chi connectivity index (χ4n) is 1.33. The Bertz CT molecular complexity index is 382. The number of hydrogen-bond acceptors (Lipinski definition) is 1. The van der Waals surface area contributed by atoms with Crippen molar-refractivity contribution >= 4 is 33.4 Å². The van der Waals surface area contributed by atoms with Gasteiger partial charge in [-0.3, -0.25) is 0 Å². The van der Waals surface area contributed by atoms with Gasteiger partial charge in [0, 0.05) is 11.6 Å². The van der Waals surface area contributed by atoms with Crippen LogP contribution in [0.2, 0.25) is 0 Å². The van der Waals surface area contributed by atoms with Crippen molar-refractivity contribution in [2.75, 3.05) is 0 Å². The SMILES string of the molecule is Cc1cccc2c(I)nccc12. The van der Waals surface area contributed by atoms with E-state index in [0.717, 1.165) is 3.70 Å². The van der Waals surface area contributed by atoms with Crippen LogP contribution in [0.25, 0.3) is 10.8 Å². The van der Waals surface area contributed by atoms with Crippen LogP contribution in [0.4, 0.5) is 0 Å². The molecule has 0 aliphatic carbocycles. The van der Waals surface area contributed by atoms with Gasteiger partial charge >= 0.3 is 0 Å². The molecule has 0 saturated heterocycles. The van der Waals surface area contributed by atoms with Crippen LogP contribution in [0.5, 0.6) is 0 Å². The van der Waals surface area contributed by atoms with Gasteiger partial charge in [0.05, 0.1) is 0 Å². The first-order chi connectivity index (χ1) is 5.79. The Kier molecular flexibility index (Phi) is 2.00. The van der Waals surface area contributed by atoms with Gasteiger partial charge in [0.25, 0.3) is 0 Å². The lowest BCUT2D eigenvalue weighted by Gasteiger charge is -2.01. The second-order valence-corrected chi connectivity index (χ2v) is 3.79. The number of aromatic nitrogens is 1. The van der Waals surface area contributed by atoms with Crippen LogP contribution >= 0.6 is 22.6 Å². The number of rotatable bonds is 0. The van der Waals surface area contributed by atoms with Crippen molar-refractivity contribution in [1.29, 1.82) is 0 Å². The minimum Gasteiger partial charge on any atom is -0.250 e. The minimum atomic E-state index is 1.08. The Balaban J connectivity index is 2.94. The molecule has 0 spiro atoms. The molecule has 0 radical (unpaired) electrons. The van der Waals surface area contributed by atoms with Gasteiger partial charge in [0.1, 0.15) is 3.70 Å². The Hall–Kier alpha value is -0.640. The predicted octanol–water partition coefficient (Wildman–Crippen LogP) is 3.15. The van der Waals surface area contributed by atoms with Gasteiger partial charge < -0.3 is 0 Å². The molecule has 1 nitrogen and oxygen atoms in total. The van der Waals surface area contributed by atoms with Gasteiger partial charge in [-0.2, -0.15) is 0 Å². The van der Waals surface area contributed by atoms with Crippen LogP contribution in [0.1, 0.15) is 5.56 Å². The Morgan fingerprint density at radius 2 is 2.00 bits per heavy atom. The number of nitrogens with zero attached hydrogens (tertiary/aromatic N) is 1. The monoisotopic (exact) mass is 269 g/mol. The van der Waals surface area contributed by atoms with Gasteiger partial charge in [0.15, 0.2) is 0 Å². The molecule has 0 bridgehead atoms. The van der Waals surface area contributed by atoms with Gasteiger partial charge in [-0.15, -0.1) is 0 Å². The second kappa shape index (κ2) is 3.01. The highest BCUT2D eigenvalue weighted by atomic mass is 127. The fraction of sp³-hybridized carbons (Fsp3) is 0.100. The average molecular weight is 269 g/mol. The zero-order valence-electron chi connectivity index (χ0n) is 6.71. The summed E-state index contributed by atoms with van der Waals surface area (Å²) in [5, 5.41) is 2.55. The number of pyridine rings is 1. The van der Waals surface area contributed by atoms with Gasteiger partial charge in [-0.1, -0.05) is 18.2 Å². The van der Waals surface area contributed by atoms with E-state index in [4.69, 9.17) is 0 Å². The fourth-order valence-corrected chi connectivity index (χ4v) is 1.96. The van der Waals surface area contributed by atoms with Gasteiger partial charge in [0.2, 0.25) is 0 Å². The summed E-state index contributed by atoms with van der Waals surface area (Å²) in [5.41, 5.74) is 1.31. The van der Waals surface area contributed by atoms with Crippen molar-refractivity contribution in [3.05, 3.63) is 39.7 Å². The Morgan fingerprint density at radius 1 is 1.17 bits per heavy atom. The van der Waals surface area contributed by atoms with Crippen molar-refractivity contribution in [1.82, 2.24) is 4.98 Å². The Morgan fingerprint density at radius 3 is 2.75 bits per heavy atom. The molecule has 2 rings (SSSR count). The third-order valence-electron chi connectivity index (χ3n) is 1.98. The quantitative estimate of drug-likeness (QED) is 0.529. The molecule has 1 aromatic heterocycles. The van der Waals surface area contributed by atoms with E-state index in [1.807, 2.05) is 6.20 Å². The average Bonchev–Trinajstić information content (AvgIpc) is 2.07. The maximum Gasteiger partial charge on any atom is 0.109 e. The molecule has 12 heavy (non-hydrogen) atoms. The molecule has 0 N–H and O–H groups in total. The zero-order chi connectivity index (χ0) is 8.55. The molecule has 1 aromatic carbocycles. The van der Waals surface area contributed by atoms with E-state index in [1.54, 1.807) is 0 Å². The third-order valence-corrected chi connectivity index (χ3v) is 2.84. The number of halogens is 1. The summed E-state index contributed by atoms with van der Waals surface area (Å²) in [6.07, 6.45) is 1.86. The van der Waals surface area contributed by atoms with E-state index in [1.165, 1.54) is 16.3 Å². The highest BCUT2D eigenvalue weighted by molar-refractivity contribution is 14.1. The normalized spacial score (nSPS) is 10.5. The molecule has 2 aromatic rings. The maximum absolute atomic E-state index is 4.24. The molecule has 0 aliphatic heterocycles. The van der Waals surface area contributed by atoms with E-state index < -0.39 is 0 Å². The topological polar surface area (TPSA) is 12.9 Å². The summed E-state index contributed by atoms with van der Waals surface area (Å²) in [6, 6.07) is 8.36. The predicted molar refractivity (Wildman–Crippen MR) is 59.2 cm³/mol. The first-order valence-corrected chi connectivity index (χ1v) is 4.87. The van der Waals surface area contributed by atoms with Crippen LogP contribution in [-0.2, 0) is 0 Å². The largest absolute Gasteiger partial charge is 0.250 e. The molecule has 1 heterocycles. The minimum absolute atomic E-state index is 1.08. The summed E-state index contributed by atoms with van der Waals surface area (Å²) in [5.74, 6) is 0. The zero-order valence-corrected chi connectivity index (χ0v) is 8.87. The van der Waals surface area contributed by atoms with Crippen LogP contribution < -0.4 is 0 Å². The standard InChI is InChI=1S/C10H8IN/c1-7-3-2-4-9-8(7)5-6-12-10(9)11/h2-6H,1H3. The molecule has 0 amide bonds. The van der Waals surface area contributed by atoms with Crippen LogP contribution in [0.15, 0.2) is 30.5 Å². The first-order valence-electron chi connectivity index (χ1n) is 3.79. The highest BCUT2D eigenvalue weighted by Crippen LogP contribution is 2.20. The summed E-state index contributed by atoms with van der Waals surface area (Å²) in [4.78, 5) is 4.24. The van der Waals surface area contributed by atoms with Crippen molar-refractivity contribution in [3.63, 3.8) is 0 Å². The molecule has 2 heteroatoms. The lowest BCUT2D eigenvalue weighted by molar-refractivity contribution is 1.30. The highest BCUT2D eigenvalue weighted by Gasteiger charge is 1.99. The van der Waals surface area contributed by atoms with Crippen molar-refractivity contribution in [2.45, 2.75) is 6.92 Å². The van der Waals surface area contributed by atoms with Crippen LogP contribution in [-0.4, -0.2) is 4.98 Å². The molecule has 0 fully saturated rings. The Labute approximate surface area is 85.0 Å². The molecule has 60 valence electrons. The van der Waals surface area contributed by atoms with E-state index in [0.29, 0.717) is 0 Å². The molecule has 0 aliphatic rings. The van der Waals surface area contributed by atoms with Gasteiger partial charge in [-0.05, 0) is 46.5 Å². The third kappa shape index (κ3) is 1.20. The summed E-state index contributed by atoms with van der Waals surface area (Å²) in [7, 11) is 0. The van der Waals surface area contributed by atoms with Crippen LogP contribution in [0, 0.1) is 10.6 Å². The number of benzene rings is 1. The number of aryl methyl sites for hydroxylation is 1. The molecule has 0 unspecified atom stereocenters. The molecular weight excluding hydrogens is 261 g/mol.